The molecule has 72 valence electrons. The number of carbonyl (C=O) groups is 3. The molecule has 0 atom stereocenters. The molecule has 0 heterocycles. The Morgan fingerprint density at radius 1 is 0.714 bits per heavy atom. The number of halogens is 3. The number of hydrogen-bond donors (Lipinski definition) is 0. The van der Waals surface area contributed by atoms with Crippen LogP contribution in [-0.4, -0.2) is 56.4 Å². The van der Waals surface area contributed by atoms with Gasteiger partial charge in [-0.05, 0) is 0 Å². The molecule has 0 aliphatic heterocycles. The van der Waals surface area contributed by atoms with Crippen molar-refractivity contribution in [1.82, 2.24) is 0 Å². The number of hydrogen-bond acceptors (Lipinski definition) is 6. The Morgan fingerprint density at radius 3 is 0.714 bits per heavy atom. The van der Waals surface area contributed by atoms with Crippen LogP contribution in [0, 0.1) is 0 Å². The number of rotatable bonds is 0. The third-order valence-corrected chi connectivity index (χ3v) is 0. The second-order valence-corrected chi connectivity index (χ2v) is 0.713. The van der Waals surface area contributed by atoms with Gasteiger partial charge in [0.2, 0.25) is 18.7 Å². The molecular formula is C3CaF3NaO6. The zero-order chi connectivity index (χ0) is 10.7. The van der Waals surface area contributed by atoms with Crippen LogP contribution in [0.1, 0.15) is 0 Å². The van der Waals surface area contributed by atoms with E-state index < -0.39 is 18.7 Å². The van der Waals surface area contributed by atoms with Crippen LogP contribution in [0.2, 0.25) is 0 Å². The molecule has 0 saturated carbocycles. The van der Waals surface area contributed by atoms with Crippen molar-refractivity contribution in [3.63, 3.8) is 0 Å². The first-order valence-electron chi connectivity index (χ1n) is 1.79. The van der Waals surface area contributed by atoms with E-state index in [0.717, 1.165) is 0 Å². The Bertz CT molecular complexity index is 126. The maximum atomic E-state index is 9.81. The Labute approximate surface area is 127 Å². The van der Waals surface area contributed by atoms with Crippen molar-refractivity contribution < 1.29 is 72.4 Å². The molecule has 14 heavy (non-hydrogen) atoms. The van der Waals surface area contributed by atoms with Crippen LogP contribution in [-0.2, 0) is 0 Å². The van der Waals surface area contributed by atoms with Gasteiger partial charge in [-0.25, -0.2) is 0 Å². The van der Waals surface area contributed by atoms with Crippen LogP contribution in [0.4, 0.5) is 27.6 Å². The van der Waals surface area contributed by atoms with Crippen molar-refractivity contribution in [3.05, 3.63) is 0 Å². The summed E-state index contributed by atoms with van der Waals surface area (Å²) in [5.74, 6) is 0. The molecule has 0 amide bonds. The Morgan fingerprint density at radius 2 is 0.714 bits per heavy atom. The number of carbonyl (C=O) groups excluding carboxylic acids is 3. The second kappa shape index (κ2) is 23.4. The fraction of sp³-hybridized carbons (Fsp3) is 0. The van der Waals surface area contributed by atoms with Gasteiger partial charge in [-0.2, -0.15) is 13.2 Å². The maximum absolute atomic E-state index is 9.81. The Hall–Kier alpha value is 0.460. The van der Waals surface area contributed by atoms with E-state index in [1.54, 1.807) is 0 Å². The Kier molecular flexibility index (Phi) is 48.8. The minimum absolute atomic E-state index is 0. The van der Waals surface area contributed by atoms with E-state index in [9.17, 15) is 13.2 Å². The molecule has 0 rings (SSSR count). The summed E-state index contributed by atoms with van der Waals surface area (Å²) < 4.78 is 29.4. The fourth-order valence-corrected chi connectivity index (χ4v) is 0. The monoisotopic (exact) mass is 252 g/mol. The van der Waals surface area contributed by atoms with Gasteiger partial charge in [0, 0.05) is 0 Å². The molecule has 6 nitrogen and oxygen atoms in total. The predicted octanol–water partition coefficient (Wildman–Crippen LogP) is -5.48. The summed E-state index contributed by atoms with van der Waals surface area (Å²) in [4.78, 5) is 24.7. The molecule has 0 spiro atoms. The summed E-state index contributed by atoms with van der Waals surface area (Å²) in [6.45, 7) is 0. The maximum Gasteiger partial charge on any atom is 2.00 e. The van der Waals surface area contributed by atoms with Crippen LogP contribution in [0.3, 0.4) is 0 Å². The van der Waals surface area contributed by atoms with E-state index in [0.29, 0.717) is 0 Å². The van der Waals surface area contributed by atoms with Crippen LogP contribution in [0.15, 0.2) is 0 Å². The SMILES string of the molecule is O=C([O-])F.O=C([O-])F.O=C([O-])F.[Ca+2].[Na+]. The summed E-state index contributed by atoms with van der Waals surface area (Å²) >= 11 is 0. The van der Waals surface area contributed by atoms with Gasteiger partial charge in [0.05, 0.1) is 0 Å². The van der Waals surface area contributed by atoms with Crippen LogP contribution < -0.4 is 44.9 Å². The van der Waals surface area contributed by atoms with Crippen molar-refractivity contribution in [2.75, 3.05) is 0 Å². The van der Waals surface area contributed by atoms with Crippen molar-refractivity contribution in [2.24, 2.45) is 0 Å². The molecule has 0 fully saturated rings. The van der Waals surface area contributed by atoms with E-state index in [1.807, 2.05) is 0 Å². The molecular weight excluding hydrogens is 252 g/mol. The smallest absolute Gasteiger partial charge is 0.520 e. The quantitative estimate of drug-likeness (QED) is 0.313. The summed E-state index contributed by atoms with van der Waals surface area (Å²) in [5, 5.41) is 24.7. The predicted molar refractivity (Wildman–Crippen MR) is 25.3 cm³/mol. The molecule has 0 saturated heterocycles. The standard InChI is InChI=1S/3CHFO2.Ca.Na/c3*2-1(3)4;;/h3*(H,3,4);;/q;;;+2;+1/p-3. The Balaban J connectivity index is -0.0000000270. The molecule has 0 aromatic rings. The average Bonchev–Trinajstić information content (AvgIpc) is 1.54. The second-order valence-electron chi connectivity index (χ2n) is 0.713. The van der Waals surface area contributed by atoms with E-state index >= 15 is 0 Å². The topological polar surface area (TPSA) is 120 Å². The van der Waals surface area contributed by atoms with Gasteiger partial charge < -0.3 is 29.7 Å². The normalized spacial score (nSPS) is 5.36. The van der Waals surface area contributed by atoms with Gasteiger partial charge in [0.15, 0.2) is 0 Å². The molecule has 0 aromatic heterocycles. The third-order valence-electron chi connectivity index (χ3n) is 0. The zero-order valence-electron chi connectivity index (χ0n) is 6.79. The molecule has 0 bridgehead atoms. The summed E-state index contributed by atoms with van der Waals surface area (Å²) in [6, 6.07) is 0. The largest absolute Gasteiger partial charge is 2.00 e. The summed E-state index contributed by atoms with van der Waals surface area (Å²) in [5.41, 5.74) is 0. The van der Waals surface area contributed by atoms with Gasteiger partial charge in [-0.3, -0.25) is 0 Å². The van der Waals surface area contributed by atoms with Gasteiger partial charge in [0.25, 0.3) is 0 Å². The summed E-state index contributed by atoms with van der Waals surface area (Å²) in [6.07, 6.45) is -7.75. The van der Waals surface area contributed by atoms with Crippen molar-refractivity contribution >= 4 is 56.4 Å². The first kappa shape index (κ1) is 29.3. The first-order valence-corrected chi connectivity index (χ1v) is 1.79. The van der Waals surface area contributed by atoms with Crippen molar-refractivity contribution in [1.29, 1.82) is 0 Å². The van der Waals surface area contributed by atoms with Gasteiger partial charge in [-0.1, -0.05) is 0 Å². The minimum Gasteiger partial charge on any atom is -0.520 e. The third kappa shape index (κ3) is 7740. The summed E-state index contributed by atoms with van der Waals surface area (Å²) in [7, 11) is 0. The van der Waals surface area contributed by atoms with Gasteiger partial charge in [0.1, 0.15) is 0 Å². The fourth-order valence-electron chi connectivity index (χ4n) is 0. The van der Waals surface area contributed by atoms with E-state index in [2.05, 4.69) is 0 Å². The minimum atomic E-state index is -2.58. The van der Waals surface area contributed by atoms with Gasteiger partial charge >= 0.3 is 67.3 Å². The van der Waals surface area contributed by atoms with E-state index in [-0.39, 0.29) is 67.3 Å². The molecule has 0 radical (unpaired) electrons. The van der Waals surface area contributed by atoms with E-state index in [4.69, 9.17) is 29.7 Å². The van der Waals surface area contributed by atoms with Gasteiger partial charge in [-0.15, -0.1) is 0 Å². The zero-order valence-corrected chi connectivity index (χ0v) is 11.0. The molecule has 0 aromatic carbocycles. The molecule has 0 unspecified atom stereocenters. The molecule has 11 heteroatoms. The molecule has 0 aliphatic carbocycles. The van der Waals surface area contributed by atoms with Crippen molar-refractivity contribution in [2.45, 2.75) is 0 Å². The first-order chi connectivity index (χ1) is 5.20. The van der Waals surface area contributed by atoms with Crippen molar-refractivity contribution in [3.8, 4) is 0 Å². The van der Waals surface area contributed by atoms with Crippen LogP contribution in [0.25, 0.3) is 0 Å². The average molecular weight is 252 g/mol. The van der Waals surface area contributed by atoms with Crippen LogP contribution in [0.5, 0.6) is 0 Å². The van der Waals surface area contributed by atoms with Crippen LogP contribution >= 0.6 is 0 Å². The molecule has 0 N–H and O–H groups in total. The molecule has 0 aliphatic rings. The van der Waals surface area contributed by atoms with E-state index in [1.165, 1.54) is 0 Å². The number of carboxylic acid groups (broad SMARTS) is 3.